The zero-order valence-corrected chi connectivity index (χ0v) is 10.00. The largest absolute Gasteiger partial charge is 0.481 e. The van der Waals surface area contributed by atoms with E-state index < -0.39 is 5.97 Å². The Kier molecular flexibility index (Phi) is 3.36. The minimum absolute atomic E-state index is 0.154. The number of nitrogens with zero attached hydrogens (tertiary/aromatic N) is 1. The summed E-state index contributed by atoms with van der Waals surface area (Å²) in [5.74, 6) is -0.950. The van der Waals surface area contributed by atoms with Crippen LogP contribution in [0.5, 0.6) is 0 Å². The third kappa shape index (κ3) is 2.60. The second-order valence-corrected chi connectivity index (χ2v) is 4.20. The Morgan fingerprint density at radius 1 is 1.35 bits per heavy atom. The van der Waals surface area contributed by atoms with Crippen molar-refractivity contribution in [3.8, 4) is 11.3 Å². The highest BCUT2D eigenvalue weighted by molar-refractivity contribution is 6.42. The first-order chi connectivity index (χ1) is 8.08. The Morgan fingerprint density at radius 2 is 2.12 bits per heavy atom. The number of benzene rings is 1. The molecule has 0 amide bonds. The minimum Gasteiger partial charge on any atom is -0.481 e. The van der Waals surface area contributed by atoms with E-state index in [0.29, 0.717) is 26.9 Å². The average molecular weight is 272 g/mol. The van der Waals surface area contributed by atoms with Gasteiger partial charge in [0.15, 0.2) is 0 Å². The van der Waals surface area contributed by atoms with Crippen molar-refractivity contribution in [3.05, 3.63) is 40.1 Å². The maximum atomic E-state index is 10.7. The Labute approximate surface area is 107 Å². The molecule has 0 atom stereocenters. The number of aliphatic carboxylic acids is 1. The third-order valence-corrected chi connectivity index (χ3v) is 2.92. The van der Waals surface area contributed by atoms with E-state index in [1.165, 1.54) is 6.26 Å². The van der Waals surface area contributed by atoms with Crippen molar-refractivity contribution in [2.45, 2.75) is 6.42 Å². The van der Waals surface area contributed by atoms with Gasteiger partial charge in [0.1, 0.15) is 12.0 Å². The van der Waals surface area contributed by atoms with Gasteiger partial charge >= 0.3 is 5.97 Å². The molecule has 6 heteroatoms. The lowest BCUT2D eigenvalue weighted by molar-refractivity contribution is -0.136. The number of hydrogen-bond acceptors (Lipinski definition) is 3. The van der Waals surface area contributed by atoms with E-state index in [2.05, 4.69) is 5.16 Å². The van der Waals surface area contributed by atoms with Gasteiger partial charge in [0.2, 0.25) is 0 Å². The normalized spacial score (nSPS) is 10.5. The van der Waals surface area contributed by atoms with Crippen molar-refractivity contribution in [1.82, 2.24) is 5.16 Å². The molecular weight excluding hydrogens is 265 g/mol. The number of halogens is 2. The molecule has 0 fully saturated rings. The molecule has 0 aliphatic rings. The molecule has 0 saturated heterocycles. The third-order valence-electron chi connectivity index (χ3n) is 2.18. The number of carboxylic acids is 1. The summed E-state index contributed by atoms with van der Waals surface area (Å²) in [4.78, 5) is 10.7. The number of carboxylic acid groups (broad SMARTS) is 1. The summed E-state index contributed by atoms with van der Waals surface area (Å²) in [7, 11) is 0. The Bertz CT molecular complexity index is 566. The molecule has 1 N–H and O–H groups in total. The van der Waals surface area contributed by atoms with Gasteiger partial charge in [-0.05, 0) is 12.1 Å². The highest BCUT2D eigenvalue weighted by Gasteiger charge is 2.14. The maximum absolute atomic E-state index is 10.7. The van der Waals surface area contributed by atoms with Crippen molar-refractivity contribution in [1.29, 1.82) is 0 Å². The van der Waals surface area contributed by atoms with Gasteiger partial charge in [0.05, 0.1) is 16.5 Å². The molecule has 2 rings (SSSR count). The summed E-state index contributed by atoms with van der Waals surface area (Å²) < 4.78 is 4.78. The number of hydrogen-bond donors (Lipinski definition) is 1. The smallest absolute Gasteiger partial charge is 0.308 e. The summed E-state index contributed by atoms with van der Waals surface area (Å²) in [5.41, 5.74) is 1.63. The predicted molar refractivity (Wildman–Crippen MR) is 63.3 cm³/mol. The van der Waals surface area contributed by atoms with Gasteiger partial charge in [-0.2, -0.15) is 0 Å². The molecule has 0 radical (unpaired) electrons. The van der Waals surface area contributed by atoms with Gasteiger partial charge in [-0.3, -0.25) is 4.79 Å². The van der Waals surface area contributed by atoms with Gasteiger partial charge in [0.25, 0.3) is 0 Å². The van der Waals surface area contributed by atoms with E-state index in [9.17, 15) is 4.79 Å². The Balaban J connectivity index is 2.42. The molecular formula is C11H7Cl2NO3. The van der Waals surface area contributed by atoms with Gasteiger partial charge in [-0.25, -0.2) is 0 Å². The van der Waals surface area contributed by atoms with Crippen LogP contribution in [-0.4, -0.2) is 16.2 Å². The topological polar surface area (TPSA) is 63.3 Å². The molecule has 0 aliphatic heterocycles. The van der Waals surface area contributed by atoms with Crippen LogP contribution in [0.15, 0.2) is 29.0 Å². The summed E-state index contributed by atoms with van der Waals surface area (Å²) in [6.45, 7) is 0. The van der Waals surface area contributed by atoms with Crippen LogP contribution in [0.2, 0.25) is 10.0 Å². The van der Waals surface area contributed by atoms with E-state index in [-0.39, 0.29) is 6.42 Å². The van der Waals surface area contributed by atoms with Crippen LogP contribution in [0.4, 0.5) is 0 Å². The molecule has 0 spiro atoms. The second kappa shape index (κ2) is 4.77. The van der Waals surface area contributed by atoms with E-state index >= 15 is 0 Å². The van der Waals surface area contributed by atoms with Crippen LogP contribution < -0.4 is 0 Å². The molecule has 1 heterocycles. The van der Waals surface area contributed by atoms with E-state index in [1.54, 1.807) is 18.2 Å². The van der Waals surface area contributed by atoms with Gasteiger partial charge in [-0.15, -0.1) is 0 Å². The second-order valence-electron chi connectivity index (χ2n) is 3.39. The molecule has 0 saturated carbocycles. The summed E-state index contributed by atoms with van der Waals surface area (Å²) in [6.07, 6.45) is 1.16. The van der Waals surface area contributed by atoms with Crippen molar-refractivity contribution in [3.63, 3.8) is 0 Å². The number of aromatic nitrogens is 1. The van der Waals surface area contributed by atoms with Crippen LogP contribution in [0, 0.1) is 0 Å². The van der Waals surface area contributed by atoms with Crippen molar-refractivity contribution >= 4 is 29.2 Å². The zero-order valence-electron chi connectivity index (χ0n) is 8.48. The van der Waals surface area contributed by atoms with Crippen LogP contribution in [-0.2, 0) is 11.2 Å². The molecule has 2 aromatic rings. The lowest BCUT2D eigenvalue weighted by Gasteiger charge is -2.01. The monoisotopic (exact) mass is 271 g/mol. The molecule has 0 unspecified atom stereocenters. The summed E-state index contributed by atoms with van der Waals surface area (Å²) >= 11 is 11.7. The first kappa shape index (κ1) is 12.0. The predicted octanol–water partition coefficient (Wildman–Crippen LogP) is 3.28. The van der Waals surface area contributed by atoms with Crippen LogP contribution in [0.3, 0.4) is 0 Å². The van der Waals surface area contributed by atoms with E-state index in [4.69, 9.17) is 32.8 Å². The molecule has 0 aliphatic carbocycles. The molecule has 88 valence electrons. The lowest BCUT2D eigenvalue weighted by Crippen LogP contribution is -2.00. The van der Waals surface area contributed by atoms with Crippen molar-refractivity contribution < 1.29 is 14.4 Å². The SMILES string of the molecule is O=C(O)Cc1conc1-c1ccc(Cl)c(Cl)c1. The molecule has 1 aromatic carbocycles. The van der Waals surface area contributed by atoms with E-state index in [1.807, 2.05) is 0 Å². The van der Waals surface area contributed by atoms with Gasteiger partial charge in [-0.1, -0.05) is 34.4 Å². The quantitative estimate of drug-likeness (QED) is 0.931. The fourth-order valence-electron chi connectivity index (χ4n) is 1.43. The first-order valence-electron chi connectivity index (χ1n) is 4.68. The number of carbonyl (C=O) groups is 1. The highest BCUT2D eigenvalue weighted by atomic mass is 35.5. The maximum Gasteiger partial charge on any atom is 0.308 e. The summed E-state index contributed by atoms with van der Waals surface area (Å²) in [6, 6.07) is 4.95. The average Bonchev–Trinajstić information content (AvgIpc) is 2.69. The lowest BCUT2D eigenvalue weighted by atomic mass is 10.1. The molecule has 4 nitrogen and oxygen atoms in total. The highest BCUT2D eigenvalue weighted by Crippen LogP contribution is 2.29. The fraction of sp³-hybridized carbons (Fsp3) is 0.0909. The minimum atomic E-state index is -0.950. The number of rotatable bonds is 3. The zero-order chi connectivity index (χ0) is 12.4. The molecule has 0 bridgehead atoms. The van der Waals surface area contributed by atoms with Crippen LogP contribution in [0.1, 0.15) is 5.56 Å². The van der Waals surface area contributed by atoms with E-state index in [0.717, 1.165) is 0 Å². The standard InChI is InChI=1S/C11H7Cl2NO3/c12-8-2-1-6(3-9(8)13)11-7(4-10(15)16)5-17-14-11/h1-3,5H,4H2,(H,15,16). The van der Waals surface area contributed by atoms with Crippen molar-refractivity contribution in [2.24, 2.45) is 0 Å². The van der Waals surface area contributed by atoms with Crippen molar-refractivity contribution in [2.75, 3.05) is 0 Å². The Hall–Kier alpha value is -1.52. The fourth-order valence-corrected chi connectivity index (χ4v) is 1.73. The van der Waals surface area contributed by atoms with Gasteiger partial charge in [0, 0.05) is 11.1 Å². The first-order valence-corrected chi connectivity index (χ1v) is 5.44. The Morgan fingerprint density at radius 3 is 2.76 bits per heavy atom. The van der Waals surface area contributed by atoms with Gasteiger partial charge < -0.3 is 9.63 Å². The van der Waals surface area contributed by atoms with Crippen LogP contribution in [0.25, 0.3) is 11.3 Å². The summed E-state index contributed by atoms with van der Waals surface area (Å²) in [5, 5.41) is 13.3. The van der Waals surface area contributed by atoms with Crippen LogP contribution >= 0.6 is 23.2 Å². The molecule has 17 heavy (non-hydrogen) atoms. The molecule has 1 aromatic heterocycles.